The third-order valence-corrected chi connectivity index (χ3v) is 2.51. The summed E-state index contributed by atoms with van der Waals surface area (Å²) < 4.78 is 15.7. The highest BCUT2D eigenvalue weighted by Gasteiger charge is 2.02. The Morgan fingerprint density at radius 2 is 1.68 bits per heavy atom. The molecule has 0 aromatic carbocycles. The van der Waals surface area contributed by atoms with E-state index in [1.807, 2.05) is 26.8 Å². The summed E-state index contributed by atoms with van der Waals surface area (Å²) in [6.45, 7) is 7.50. The van der Waals surface area contributed by atoms with Crippen LogP contribution in [0.3, 0.4) is 0 Å². The summed E-state index contributed by atoms with van der Waals surface area (Å²) in [5, 5.41) is 0. The van der Waals surface area contributed by atoms with Gasteiger partial charge in [-0.2, -0.15) is 0 Å². The largest absolute Gasteiger partial charge is 0.466 e. The van der Waals surface area contributed by atoms with E-state index >= 15 is 0 Å². The van der Waals surface area contributed by atoms with E-state index in [1.165, 1.54) is 0 Å². The summed E-state index contributed by atoms with van der Waals surface area (Å²) in [7, 11) is 0. The van der Waals surface area contributed by atoms with Crippen LogP contribution in [0.5, 0.6) is 0 Å². The molecule has 0 spiro atoms. The highest BCUT2D eigenvalue weighted by atomic mass is 16.7. The predicted molar refractivity (Wildman–Crippen MR) is 75.9 cm³/mol. The molecule has 0 saturated heterocycles. The molecule has 0 aliphatic heterocycles. The predicted octanol–water partition coefficient (Wildman–Crippen LogP) is 3.46. The summed E-state index contributed by atoms with van der Waals surface area (Å²) in [5.41, 5.74) is 0. The van der Waals surface area contributed by atoms with E-state index in [4.69, 9.17) is 14.2 Å². The minimum Gasteiger partial charge on any atom is -0.466 e. The van der Waals surface area contributed by atoms with Crippen LogP contribution >= 0.6 is 0 Å². The fourth-order valence-corrected chi connectivity index (χ4v) is 1.64. The molecule has 0 rings (SSSR count). The lowest BCUT2D eigenvalue weighted by Gasteiger charge is -2.12. The van der Waals surface area contributed by atoms with Gasteiger partial charge in [0.25, 0.3) is 0 Å². The van der Waals surface area contributed by atoms with Gasteiger partial charge in [0, 0.05) is 19.6 Å². The van der Waals surface area contributed by atoms with Crippen LogP contribution in [0.15, 0.2) is 12.2 Å². The van der Waals surface area contributed by atoms with Gasteiger partial charge in [0.1, 0.15) is 0 Å². The van der Waals surface area contributed by atoms with Gasteiger partial charge in [-0.15, -0.1) is 0 Å². The summed E-state index contributed by atoms with van der Waals surface area (Å²) in [6.07, 6.45) is 8.33. The number of allylic oxidation sites excluding steroid dienone is 1. The number of hydrogen-bond acceptors (Lipinski definition) is 4. The molecule has 0 fully saturated rings. The van der Waals surface area contributed by atoms with Crippen LogP contribution in [-0.2, 0) is 19.0 Å². The lowest BCUT2D eigenvalue weighted by atomic mass is 10.1. The van der Waals surface area contributed by atoms with Crippen molar-refractivity contribution >= 4 is 5.97 Å². The van der Waals surface area contributed by atoms with Crippen molar-refractivity contribution in [3.8, 4) is 0 Å². The SMILES string of the molecule is CCOC(=O)CCCCC/C=C/C(OCC)OCC. The second-order valence-electron chi connectivity index (χ2n) is 4.11. The van der Waals surface area contributed by atoms with Crippen LogP contribution in [0.4, 0.5) is 0 Å². The van der Waals surface area contributed by atoms with E-state index in [2.05, 4.69) is 6.08 Å². The maximum Gasteiger partial charge on any atom is 0.305 e. The number of carbonyl (C=O) groups excluding carboxylic acids is 1. The monoisotopic (exact) mass is 272 g/mol. The van der Waals surface area contributed by atoms with Crippen LogP contribution in [0.25, 0.3) is 0 Å². The molecule has 4 nitrogen and oxygen atoms in total. The van der Waals surface area contributed by atoms with Crippen molar-refractivity contribution in [2.75, 3.05) is 19.8 Å². The lowest BCUT2D eigenvalue weighted by Crippen LogP contribution is -2.14. The average Bonchev–Trinajstić information content (AvgIpc) is 2.38. The van der Waals surface area contributed by atoms with Crippen molar-refractivity contribution in [1.82, 2.24) is 0 Å². The Morgan fingerprint density at radius 3 is 2.26 bits per heavy atom. The Bertz CT molecular complexity index is 232. The number of ether oxygens (including phenoxy) is 3. The molecule has 0 N–H and O–H groups in total. The van der Waals surface area contributed by atoms with Crippen molar-refractivity contribution in [3.63, 3.8) is 0 Å². The van der Waals surface area contributed by atoms with Crippen molar-refractivity contribution in [3.05, 3.63) is 12.2 Å². The maximum atomic E-state index is 11.1. The van der Waals surface area contributed by atoms with Gasteiger partial charge in [0.05, 0.1) is 6.61 Å². The quantitative estimate of drug-likeness (QED) is 0.236. The second-order valence-corrected chi connectivity index (χ2v) is 4.11. The van der Waals surface area contributed by atoms with E-state index in [0.717, 1.165) is 25.7 Å². The fraction of sp³-hybridized carbons (Fsp3) is 0.800. The van der Waals surface area contributed by atoms with Crippen molar-refractivity contribution < 1.29 is 19.0 Å². The van der Waals surface area contributed by atoms with Gasteiger partial charge in [-0.25, -0.2) is 0 Å². The number of unbranched alkanes of at least 4 members (excludes halogenated alkanes) is 3. The minimum atomic E-state index is -0.227. The Balaban J connectivity index is 3.53. The van der Waals surface area contributed by atoms with Crippen molar-refractivity contribution in [1.29, 1.82) is 0 Å². The molecular weight excluding hydrogens is 244 g/mol. The molecule has 0 heterocycles. The van der Waals surface area contributed by atoms with Gasteiger partial charge >= 0.3 is 5.97 Å². The Kier molecular flexibility index (Phi) is 12.9. The van der Waals surface area contributed by atoms with E-state index in [-0.39, 0.29) is 12.3 Å². The van der Waals surface area contributed by atoms with E-state index < -0.39 is 0 Å². The summed E-state index contributed by atoms with van der Waals surface area (Å²) in [6, 6.07) is 0. The molecule has 0 radical (unpaired) electrons. The first kappa shape index (κ1) is 18.1. The van der Waals surface area contributed by atoms with Crippen LogP contribution in [0.1, 0.15) is 52.9 Å². The molecule has 19 heavy (non-hydrogen) atoms. The van der Waals surface area contributed by atoms with Crippen molar-refractivity contribution in [2.24, 2.45) is 0 Å². The summed E-state index contributed by atoms with van der Waals surface area (Å²) in [5.74, 6) is -0.0919. The van der Waals surface area contributed by atoms with E-state index in [0.29, 0.717) is 26.2 Å². The standard InChI is InChI=1S/C15H28O4/c1-4-17-14(16)12-10-8-7-9-11-13-15(18-5-2)19-6-3/h11,13,15H,4-10,12H2,1-3H3/b13-11+. The van der Waals surface area contributed by atoms with E-state index in [1.54, 1.807) is 0 Å². The normalized spacial score (nSPS) is 11.4. The van der Waals surface area contributed by atoms with Crippen LogP contribution in [0.2, 0.25) is 0 Å². The molecule has 112 valence electrons. The highest BCUT2D eigenvalue weighted by molar-refractivity contribution is 5.69. The first-order valence-electron chi connectivity index (χ1n) is 7.30. The number of rotatable bonds is 12. The molecule has 0 bridgehead atoms. The fourth-order valence-electron chi connectivity index (χ4n) is 1.64. The topological polar surface area (TPSA) is 44.8 Å². The number of esters is 1. The molecule has 0 saturated carbocycles. The second kappa shape index (κ2) is 13.6. The molecule has 0 aliphatic rings. The van der Waals surface area contributed by atoms with Gasteiger partial charge in [0.15, 0.2) is 6.29 Å². The summed E-state index contributed by atoms with van der Waals surface area (Å²) in [4.78, 5) is 11.1. The summed E-state index contributed by atoms with van der Waals surface area (Å²) >= 11 is 0. The van der Waals surface area contributed by atoms with Crippen molar-refractivity contribution in [2.45, 2.75) is 59.2 Å². The number of carbonyl (C=O) groups is 1. The van der Waals surface area contributed by atoms with Gasteiger partial charge in [0.2, 0.25) is 0 Å². The van der Waals surface area contributed by atoms with E-state index in [9.17, 15) is 4.79 Å². The Hall–Kier alpha value is -0.870. The first-order valence-corrected chi connectivity index (χ1v) is 7.30. The van der Waals surface area contributed by atoms with Gasteiger partial charge in [-0.3, -0.25) is 4.79 Å². The molecule has 0 aliphatic carbocycles. The zero-order valence-electron chi connectivity index (χ0n) is 12.5. The molecule has 0 aromatic rings. The van der Waals surface area contributed by atoms with Crippen LogP contribution in [0, 0.1) is 0 Å². The number of hydrogen-bond donors (Lipinski definition) is 0. The smallest absolute Gasteiger partial charge is 0.305 e. The average molecular weight is 272 g/mol. The molecule has 0 aromatic heterocycles. The zero-order chi connectivity index (χ0) is 14.3. The van der Waals surface area contributed by atoms with Crippen LogP contribution in [-0.4, -0.2) is 32.1 Å². The van der Waals surface area contributed by atoms with Crippen LogP contribution < -0.4 is 0 Å². The first-order chi connectivity index (χ1) is 9.24. The van der Waals surface area contributed by atoms with Gasteiger partial charge in [-0.05, 0) is 46.1 Å². The highest BCUT2D eigenvalue weighted by Crippen LogP contribution is 2.06. The molecular formula is C15H28O4. The molecule has 0 amide bonds. The third kappa shape index (κ3) is 11.9. The maximum absolute atomic E-state index is 11.1. The molecule has 0 unspecified atom stereocenters. The lowest BCUT2D eigenvalue weighted by molar-refractivity contribution is -0.143. The van der Waals surface area contributed by atoms with Gasteiger partial charge < -0.3 is 14.2 Å². The molecule has 4 heteroatoms. The minimum absolute atomic E-state index is 0.0919. The van der Waals surface area contributed by atoms with Gasteiger partial charge in [-0.1, -0.05) is 12.5 Å². The Morgan fingerprint density at radius 1 is 1.00 bits per heavy atom. The molecule has 0 atom stereocenters. The zero-order valence-corrected chi connectivity index (χ0v) is 12.5. The Labute approximate surface area is 117 Å². The third-order valence-electron chi connectivity index (χ3n) is 2.51.